The second-order valence-corrected chi connectivity index (χ2v) is 7.61. The third-order valence-electron chi connectivity index (χ3n) is 5.02. The summed E-state index contributed by atoms with van der Waals surface area (Å²) in [6, 6.07) is 14.5. The number of amides is 3. The fourth-order valence-corrected chi connectivity index (χ4v) is 3.62. The normalized spacial score (nSPS) is 13.7. The number of rotatable bonds is 4. The first-order chi connectivity index (χ1) is 15.0. The summed E-state index contributed by atoms with van der Waals surface area (Å²) < 4.78 is 5.29. The van der Waals surface area contributed by atoms with Crippen molar-refractivity contribution in [2.75, 3.05) is 36.9 Å². The molecular formula is C23H25N5O3. The molecule has 2 heterocycles. The van der Waals surface area contributed by atoms with Crippen molar-refractivity contribution in [3.05, 3.63) is 65.2 Å². The summed E-state index contributed by atoms with van der Waals surface area (Å²) in [4.78, 5) is 26.8. The second-order valence-electron chi connectivity index (χ2n) is 7.61. The van der Waals surface area contributed by atoms with Gasteiger partial charge in [0, 0.05) is 36.0 Å². The minimum absolute atomic E-state index is 0.0715. The Morgan fingerprint density at radius 2 is 1.74 bits per heavy atom. The summed E-state index contributed by atoms with van der Waals surface area (Å²) >= 11 is 0. The van der Waals surface area contributed by atoms with Crippen molar-refractivity contribution in [2.24, 2.45) is 0 Å². The van der Waals surface area contributed by atoms with Gasteiger partial charge in [-0.2, -0.15) is 5.10 Å². The highest BCUT2D eigenvalue weighted by molar-refractivity contribution is 6.01. The Labute approximate surface area is 180 Å². The largest absolute Gasteiger partial charge is 0.378 e. The van der Waals surface area contributed by atoms with Crippen LogP contribution in [0.3, 0.4) is 0 Å². The number of urea groups is 1. The number of aryl methyl sites for hydroxylation is 2. The number of ether oxygens (including phenoxy) is 1. The minimum Gasteiger partial charge on any atom is -0.378 e. The van der Waals surface area contributed by atoms with Crippen molar-refractivity contribution in [2.45, 2.75) is 13.8 Å². The number of anilines is 2. The summed E-state index contributed by atoms with van der Waals surface area (Å²) in [6.07, 6.45) is 0. The van der Waals surface area contributed by atoms with Crippen molar-refractivity contribution < 1.29 is 14.3 Å². The lowest BCUT2D eigenvalue weighted by Gasteiger charge is -2.27. The van der Waals surface area contributed by atoms with E-state index in [2.05, 4.69) is 39.0 Å². The zero-order valence-electron chi connectivity index (χ0n) is 17.6. The fourth-order valence-electron chi connectivity index (χ4n) is 3.62. The Hall–Kier alpha value is -3.65. The lowest BCUT2D eigenvalue weighted by molar-refractivity contribution is 0.0303. The van der Waals surface area contributed by atoms with Crippen LogP contribution in [0.15, 0.2) is 48.5 Å². The van der Waals surface area contributed by atoms with E-state index in [0.29, 0.717) is 43.4 Å². The average Bonchev–Trinajstić information content (AvgIpc) is 3.22. The van der Waals surface area contributed by atoms with E-state index in [1.54, 1.807) is 35.2 Å². The van der Waals surface area contributed by atoms with Crippen LogP contribution in [0, 0.1) is 13.8 Å². The topological polar surface area (TPSA) is 99.3 Å². The molecule has 3 amide bonds. The molecule has 3 aromatic rings. The Balaban J connectivity index is 1.40. The molecule has 1 aromatic heterocycles. The number of carbonyl (C=O) groups excluding carboxylic acids is 2. The van der Waals surface area contributed by atoms with Crippen LogP contribution < -0.4 is 10.6 Å². The Morgan fingerprint density at radius 3 is 2.48 bits per heavy atom. The van der Waals surface area contributed by atoms with E-state index >= 15 is 0 Å². The molecule has 1 fully saturated rings. The van der Waals surface area contributed by atoms with Crippen LogP contribution >= 0.6 is 0 Å². The number of aromatic amines is 1. The van der Waals surface area contributed by atoms with Gasteiger partial charge < -0.3 is 15.0 Å². The highest BCUT2D eigenvalue weighted by Crippen LogP contribution is 2.22. The SMILES string of the molecule is Cc1cc(C)cc(-c2cc(NC(=O)Nc3cccc(C(=O)N4CCOCC4)c3)n[nH]2)c1. The van der Waals surface area contributed by atoms with Crippen molar-refractivity contribution in [1.29, 1.82) is 0 Å². The fraction of sp³-hybridized carbons (Fsp3) is 0.261. The van der Waals surface area contributed by atoms with Crippen molar-refractivity contribution in [3.8, 4) is 11.3 Å². The van der Waals surface area contributed by atoms with Gasteiger partial charge in [-0.05, 0) is 44.2 Å². The molecule has 0 saturated carbocycles. The molecule has 8 nitrogen and oxygen atoms in total. The van der Waals surface area contributed by atoms with Gasteiger partial charge in [0.2, 0.25) is 0 Å². The van der Waals surface area contributed by atoms with Gasteiger partial charge in [-0.1, -0.05) is 23.3 Å². The minimum atomic E-state index is -0.436. The van der Waals surface area contributed by atoms with E-state index in [4.69, 9.17) is 4.74 Å². The number of hydrogen-bond acceptors (Lipinski definition) is 4. The first-order valence-corrected chi connectivity index (χ1v) is 10.2. The van der Waals surface area contributed by atoms with E-state index < -0.39 is 6.03 Å². The number of nitrogens with one attached hydrogen (secondary N) is 3. The monoisotopic (exact) mass is 419 g/mol. The van der Waals surface area contributed by atoms with Crippen LogP contribution in [0.4, 0.5) is 16.3 Å². The van der Waals surface area contributed by atoms with Gasteiger partial charge in [-0.25, -0.2) is 4.79 Å². The van der Waals surface area contributed by atoms with Gasteiger partial charge in [-0.15, -0.1) is 0 Å². The van der Waals surface area contributed by atoms with Crippen molar-refractivity contribution in [1.82, 2.24) is 15.1 Å². The van der Waals surface area contributed by atoms with Crippen LogP contribution in [0.5, 0.6) is 0 Å². The number of morpholine rings is 1. The number of H-pyrrole nitrogens is 1. The molecule has 1 saturated heterocycles. The lowest BCUT2D eigenvalue weighted by atomic mass is 10.1. The molecule has 0 bridgehead atoms. The van der Waals surface area contributed by atoms with Gasteiger partial charge in [0.05, 0.1) is 18.9 Å². The molecule has 0 radical (unpaired) electrons. The predicted molar refractivity (Wildman–Crippen MR) is 119 cm³/mol. The molecule has 0 unspecified atom stereocenters. The molecule has 3 N–H and O–H groups in total. The quantitative estimate of drug-likeness (QED) is 0.599. The number of benzene rings is 2. The molecule has 1 aliphatic rings. The van der Waals surface area contributed by atoms with Gasteiger partial charge in [0.25, 0.3) is 5.91 Å². The molecule has 2 aromatic carbocycles. The number of carbonyl (C=O) groups is 2. The van der Waals surface area contributed by atoms with Gasteiger partial charge in [0.15, 0.2) is 5.82 Å². The van der Waals surface area contributed by atoms with Gasteiger partial charge in [0.1, 0.15) is 0 Å². The zero-order valence-corrected chi connectivity index (χ0v) is 17.6. The molecule has 0 aliphatic carbocycles. The van der Waals surface area contributed by atoms with Gasteiger partial charge in [-0.3, -0.25) is 15.2 Å². The number of nitrogens with zero attached hydrogens (tertiary/aromatic N) is 2. The molecule has 1 aliphatic heterocycles. The molecule has 31 heavy (non-hydrogen) atoms. The van der Waals surface area contributed by atoms with Crippen molar-refractivity contribution in [3.63, 3.8) is 0 Å². The first kappa shape index (κ1) is 20.6. The summed E-state index contributed by atoms with van der Waals surface area (Å²) in [5, 5.41) is 12.6. The maximum Gasteiger partial charge on any atom is 0.324 e. The molecule has 8 heteroatoms. The van der Waals surface area contributed by atoms with Crippen LogP contribution in [-0.4, -0.2) is 53.3 Å². The average molecular weight is 419 g/mol. The maximum atomic E-state index is 12.6. The van der Waals surface area contributed by atoms with E-state index in [1.807, 2.05) is 13.8 Å². The molecule has 0 atom stereocenters. The summed E-state index contributed by atoms with van der Waals surface area (Å²) in [7, 11) is 0. The van der Waals surface area contributed by atoms with Crippen LogP contribution in [-0.2, 0) is 4.74 Å². The standard InChI is InChI=1S/C23H25N5O3/c1-15-10-16(2)12-18(11-15)20-14-21(27-26-20)25-23(30)24-19-5-3-4-17(13-19)22(29)28-6-8-31-9-7-28/h3-5,10-14H,6-9H2,1-2H3,(H3,24,25,26,27,30). The summed E-state index contributed by atoms with van der Waals surface area (Å²) in [6.45, 7) is 6.30. The third kappa shape index (κ3) is 5.10. The zero-order chi connectivity index (χ0) is 21.8. The molecule has 4 rings (SSSR count). The first-order valence-electron chi connectivity index (χ1n) is 10.2. The third-order valence-corrected chi connectivity index (χ3v) is 5.02. The van der Waals surface area contributed by atoms with E-state index in [1.165, 1.54) is 0 Å². The van der Waals surface area contributed by atoms with Gasteiger partial charge >= 0.3 is 6.03 Å². The molecule has 0 spiro atoms. The molecule has 160 valence electrons. The molecular weight excluding hydrogens is 394 g/mol. The summed E-state index contributed by atoms with van der Waals surface area (Å²) in [5.41, 5.74) is 5.19. The Kier molecular flexibility index (Phi) is 5.99. The highest BCUT2D eigenvalue weighted by atomic mass is 16.5. The Bertz CT molecular complexity index is 1080. The summed E-state index contributed by atoms with van der Waals surface area (Å²) in [5.74, 6) is 0.338. The second kappa shape index (κ2) is 9.01. The smallest absolute Gasteiger partial charge is 0.324 e. The highest BCUT2D eigenvalue weighted by Gasteiger charge is 2.19. The van der Waals surface area contributed by atoms with E-state index in [9.17, 15) is 9.59 Å². The Morgan fingerprint density at radius 1 is 1.00 bits per heavy atom. The number of aromatic nitrogens is 2. The van der Waals surface area contributed by atoms with Crippen molar-refractivity contribution >= 4 is 23.4 Å². The maximum absolute atomic E-state index is 12.6. The van der Waals surface area contributed by atoms with Crippen LogP contribution in [0.1, 0.15) is 21.5 Å². The van der Waals surface area contributed by atoms with Crippen LogP contribution in [0.25, 0.3) is 11.3 Å². The predicted octanol–water partition coefficient (Wildman–Crippen LogP) is 3.81. The number of hydrogen-bond donors (Lipinski definition) is 3. The lowest BCUT2D eigenvalue weighted by Crippen LogP contribution is -2.40. The van der Waals surface area contributed by atoms with Crippen LogP contribution in [0.2, 0.25) is 0 Å². The van der Waals surface area contributed by atoms with E-state index in [0.717, 1.165) is 22.4 Å². The van der Waals surface area contributed by atoms with E-state index in [-0.39, 0.29) is 5.91 Å².